The Morgan fingerprint density at radius 3 is 2.64 bits per heavy atom. The maximum absolute atomic E-state index is 13.0. The van der Waals surface area contributed by atoms with Gasteiger partial charge in [-0.2, -0.15) is 18.3 Å². The Bertz CT molecular complexity index is 1390. The smallest absolute Gasteiger partial charge is 0.399 e. The zero-order valence-corrected chi connectivity index (χ0v) is 17.1. The molecule has 4 aromatic rings. The molecule has 0 aromatic carbocycles. The molecule has 5 heterocycles. The fourth-order valence-corrected chi connectivity index (χ4v) is 3.59. The zero-order chi connectivity index (χ0) is 23.3. The van der Waals surface area contributed by atoms with Gasteiger partial charge in [0.2, 0.25) is 5.95 Å². The second-order valence-corrected chi connectivity index (χ2v) is 7.34. The number of aromatic amines is 1. The molecule has 15 heteroatoms. The van der Waals surface area contributed by atoms with Crippen LogP contribution < -0.4 is 10.5 Å². The van der Waals surface area contributed by atoms with Crippen LogP contribution in [-0.2, 0) is 6.18 Å². The summed E-state index contributed by atoms with van der Waals surface area (Å²) in [5, 5.41) is 15.0. The van der Waals surface area contributed by atoms with Crippen molar-refractivity contribution >= 4 is 17.4 Å². The fraction of sp³-hybridized carbons (Fsp3) is 0.333. The first-order valence-corrected chi connectivity index (χ1v) is 9.80. The van der Waals surface area contributed by atoms with E-state index in [4.69, 9.17) is 4.42 Å². The van der Waals surface area contributed by atoms with Gasteiger partial charge in [0.1, 0.15) is 5.52 Å². The number of fused-ring (bicyclic) bond motifs is 1. The minimum atomic E-state index is -4.72. The van der Waals surface area contributed by atoms with Gasteiger partial charge in [0.05, 0.1) is 17.5 Å². The third kappa shape index (κ3) is 3.60. The predicted molar refractivity (Wildman–Crippen MR) is 105 cm³/mol. The van der Waals surface area contributed by atoms with Crippen molar-refractivity contribution in [2.24, 2.45) is 0 Å². The quantitative estimate of drug-likeness (QED) is 0.474. The number of alkyl halides is 3. The molecule has 0 radical (unpaired) electrons. The number of halogens is 3. The van der Waals surface area contributed by atoms with Gasteiger partial charge in [-0.3, -0.25) is 14.6 Å². The number of carbonyl (C=O) groups is 1. The summed E-state index contributed by atoms with van der Waals surface area (Å²) >= 11 is 0. The molecule has 1 amide bonds. The number of aromatic nitrogens is 7. The normalized spacial score (nSPS) is 14.9. The molecule has 0 unspecified atom stereocenters. The molecule has 0 saturated carbocycles. The fourth-order valence-electron chi connectivity index (χ4n) is 3.59. The highest BCUT2D eigenvalue weighted by atomic mass is 19.4. The molecule has 1 saturated heterocycles. The second-order valence-electron chi connectivity index (χ2n) is 7.34. The third-order valence-corrected chi connectivity index (χ3v) is 5.32. The van der Waals surface area contributed by atoms with Crippen molar-refractivity contribution in [2.45, 2.75) is 13.1 Å². The van der Waals surface area contributed by atoms with E-state index in [1.165, 1.54) is 20.3 Å². The molecule has 172 valence electrons. The van der Waals surface area contributed by atoms with Crippen LogP contribution in [0.15, 0.2) is 33.7 Å². The number of nitrogens with zero attached hydrogens (tertiary/aromatic N) is 8. The van der Waals surface area contributed by atoms with Crippen LogP contribution in [0.1, 0.15) is 21.9 Å². The Balaban J connectivity index is 1.31. The number of piperazine rings is 1. The van der Waals surface area contributed by atoms with Gasteiger partial charge in [0.15, 0.2) is 0 Å². The van der Waals surface area contributed by atoms with Crippen LogP contribution in [0.4, 0.5) is 19.2 Å². The highest BCUT2D eigenvalue weighted by molar-refractivity contribution is 5.95. The lowest BCUT2D eigenvalue weighted by atomic mass is 10.2. The molecule has 12 nitrogen and oxygen atoms in total. The van der Waals surface area contributed by atoms with Crippen molar-refractivity contribution < 1.29 is 22.4 Å². The standard InChI is InChI=1S/C18H16F3N9O3/c1-10-11(9-22-30(10)16-23-13(31)12-3-2-4-29(12)26-16)14(32)27-5-7-28(8-6-27)17-25-24-15(33-17)18(19,20)21/h2-4,9H,5-8H2,1H3,(H,23,26,31). The van der Waals surface area contributed by atoms with Gasteiger partial charge < -0.3 is 14.2 Å². The van der Waals surface area contributed by atoms with Gasteiger partial charge in [-0.05, 0) is 19.1 Å². The van der Waals surface area contributed by atoms with Crippen molar-refractivity contribution in [3.8, 4) is 5.95 Å². The molecule has 1 N–H and O–H groups in total. The Hall–Kier alpha value is -4.17. The summed E-state index contributed by atoms with van der Waals surface area (Å²) in [6, 6.07) is 3.07. The highest BCUT2D eigenvalue weighted by Crippen LogP contribution is 2.30. The van der Waals surface area contributed by atoms with Crippen molar-refractivity contribution in [2.75, 3.05) is 31.1 Å². The van der Waals surface area contributed by atoms with Crippen LogP contribution >= 0.6 is 0 Å². The van der Waals surface area contributed by atoms with E-state index in [1.54, 1.807) is 30.2 Å². The van der Waals surface area contributed by atoms with Crippen LogP contribution in [-0.4, -0.2) is 71.6 Å². The lowest BCUT2D eigenvalue weighted by Gasteiger charge is -2.33. The summed E-state index contributed by atoms with van der Waals surface area (Å²) in [6.45, 7) is 2.58. The Morgan fingerprint density at radius 2 is 1.94 bits per heavy atom. The molecule has 0 bridgehead atoms. The van der Waals surface area contributed by atoms with Gasteiger partial charge in [0.25, 0.3) is 11.5 Å². The highest BCUT2D eigenvalue weighted by Gasteiger charge is 2.39. The van der Waals surface area contributed by atoms with Crippen molar-refractivity contribution in [1.29, 1.82) is 0 Å². The summed E-state index contributed by atoms with van der Waals surface area (Å²) in [5.74, 6) is -1.56. The lowest BCUT2D eigenvalue weighted by molar-refractivity contribution is -0.157. The summed E-state index contributed by atoms with van der Waals surface area (Å²) in [5.41, 5.74) is 0.819. The number of carbonyl (C=O) groups excluding carboxylic acids is 1. The molecule has 1 aliphatic heterocycles. The van der Waals surface area contributed by atoms with Gasteiger partial charge in [-0.15, -0.1) is 10.2 Å². The average Bonchev–Trinajstić information content (AvgIpc) is 3.52. The maximum Gasteiger partial charge on any atom is 0.470 e. The number of amides is 1. The van der Waals surface area contributed by atoms with Crippen molar-refractivity contribution in [1.82, 2.24) is 39.5 Å². The maximum atomic E-state index is 13.0. The third-order valence-electron chi connectivity index (χ3n) is 5.32. The van der Waals surface area contributed by atoms with Crippen molar-refractivity contribution in [3.63, 3.8) is 0 Å². The summed E-state index contributed by atoms with van der Waals surface area (Å²) in [6.07, 6.45) is -1.71. The van der Waals surface area contributed by atoms with Gasteiger partial charge >= 0.3 is 18.1 Å². The first-order valence-electron chi connectivity index (χ1n) is 9.80. The van der Waals surface area contributed by atoms with Crippen LogP contribution in [0.2, 0.25) is 0 Å². The average molecular weight is 463 g/mol. The molecule has 33 heavy (non-hydrogen) atoms. The Kier molecular flexibility index (Phi) is 4.68. The molecule has 4 aromatic heterocycles. The van der Waals surface area contributed by atoms with Crippen molar-refractivity contribution in [3.05, 3.63) is 52.0 Å². The zero-order valence-electron chi connectivity index (χ0n) is 17.1. The van der Waals surface area contributed by atoms with E-state index >= 15 is 0 Å². The molecular weight excluding hydrogens is 447 g/mol. The molecule has 1 aliphatic rings. The topological polar surface area (TPSA) is 130 Å². The number of anilines is 1. The lowest BCUT2D eigenvalue weighted by Crippen LogP contribution is -2.49. The number of hydrogen-bond donors (Lipinski definition) is 1. The minimum absolute atomic E-state index is 0.155. The van der Waals surface area contributed by atoms with Crippen LogP contribution in [0.5, 0.6) is 0 Å². The minimum Gasteiger partial charge on any atom is -0.399 e. The monoisotopic (exact) mass is 463 g/mol. The molecular formula is C18H16F3N9O3. The SMILES string of the molecule is Cc1c(C(=O)N2CCN(c3nnc(C(F)(F)F)o3)CC2)cnn1-c1nn2cccc2c(=O)[nH]1. The Morgan fingerprint density at radius 1 is 1.18 bits per heavy atom. The summed E-state index contributed by atoms with van der Waals surface area (Å²) in [4.78, 5) is 30.9. The second kappa shape index (κ2) is 7.46. The van der Waals surface area contributed by atoms with E-state index in [0.717, 1.165) is 0 Å². The summed E-state index contributed by atoms with van der Waals surface area (Å²) in [7, 11) is 0. The van der Waals surface area contributed by atoms with E-state index in [2.05, 4.69) is 25.4 Å². The van der Waals surface area contributed by atoms with Crippen LogP contribution in [0.25, 0.3) is 11.5 Å². The van der Waals surface area contributed by atoms with E-state index in [1.807, 2.05) is 0 Å². The first-order chi connectivity index (χ1) is 15.7. The summed E-state index contributed by atoms with van der Waals surface area (Å²) < 4.78 is 45.5. The van der Waals surface area contributed by atoms with E-state index in [0.29, 0.717) is 16.8 Å². The molecule has 1 fully saturated rings. The molecule has 0 atom stereocenters. The molecule has 0 spiro atoms. The molecule has 5 rings (SSSR count). The largest absolute Gasteiger partial charge is 0.470 e. The number of nitrogens with one attached hydrogen (secondary N) is 1. The van der Waals surface area contributed by atoms with Gasteiger partial charge in [-0.1, -0.05) is 5.10 Å². The number of H-pyrrole nitrogens is 1. The van der Waals surface area contributed by atoms with Gasteiger partial charge in [0, 0.05) is 32.4 Å². The Labute approximate surface area is 182 Å². The van der Waals surface area contributed by atoms with Gasteiger partial charge in [-0.25, -0.2) is 9.20 Å². The van der Waals surface area contributed by atoms with E-state index in [-0.39, 0.29) is 49.6 Å². The van der Waals surface area contributed by atoms with Crippen LogP contribution in [0.3, 0.4) is 0 Å². The van der Waals surface area contributed by atoms with E-state index < -0.39 is 12.1 Å². The van der Waals surface area contributed by atoms with Crippen LogP contribution in [0, 0.1) is 6.92 Å². The first kappa shape index (κ1) is 20.7. The number of rotatable bonds is 3. The number of hydrogen-bond acceptors (Lipinski definition) is 8. The van der Waals surface area contributed by atoms with E-state index in [9.17, 15) is 22.8 Å². The predicted octanol–water partition coefficient (Wildman–Crippen LogP) is 0.881. The molecule has 0 aliphatic carbocycles.